The smallest absolute Gasteiger partial charge is 0.286 e. The highest BCUT2D eigenvalue weighted by Gasteiger charge is 2.25. The zero-order chi connectivity index (χ0) is 18.6. The quantitative estimate of drug-likeness (QED) is 0.726. The van der Waals surface area contributed by atoms with Gasteiger partial charge in [0.15, 0.2) is 5.76 Å². The topological polar surface area (TPSA) is 76.2 Å². The second-order valence-electron chi connectivity index (χ2n) is 6.88. The highest BCUT2D eigenvalue weighted by molar-refractivity contribution is 5.91. The predicted octanol–water partition coefficient (Wildman–Crippen LogP) is 2.56. The number of fused-ring (bicyclic) bond motifs is 1. The molecule has 0 saturated heterocycles. The van der Waals surface area contributed by atoms with Crippen molar-refractivity contribution in [2.45, 2.75) is 32.5 Å². The maximum atomic E-state index is 12.0. The monoisotopic (exact) mass is 365 g/mol. The highest BCUT2D eigenvalue weighted by Crippen LogP contribution is 2.23. The highest BCUT2D eigenvalue weighted by atomic mass is 16.3. The van der Waals surface area contributed by atoms with Crippen molar-refractivity contribution >= 4 is 5.91 Å². The van der Waals surface area contributed by atoms with Gasteiger partial charge >= 0.3 is 0 Å². The minimum atomic E-state index is -0.183. The number of hydrogen-bond acceptors (Lipinski definition) is 5. The third-order valence-corrected chi connectivity index (χ3v) is 4.79. The van der Waals surface area contributed by atoms with Crippen LogP contribution in [0.1, 0.15) is 40.1 Å². The van der Waals surface area contributed by atoms with E-state index in [1.54, 1.807) is 12.1 Å². The fourth-order valence-electron chi connectivity index (χ4n) is 3.56. The van der Waals surface area contributed by atoms with E-state index in [9.17, 15) is 4.79 Å². The number of pyridine rings is 1. The van der Waals surface area contributed by atoms with E-state index in [0.717, 1.165) is 37.4 Å². The summed E-state index contributed by atoms with van der Waals surface area (Å²) in [6.07, 6.45) is 4.15. The number of carbonyl (C=O) groups is 1. The zero-order valence-corrected chi connectivity index (χ0v) is 15.3. The number of amides is 1. The maximum absolute atomic E-state index is 12.0. The number of carbonyl (C=O) groups excluding carboxylic acids is 1. The molecule has 1 amide bonds. The third kappa shape index (κ3) is 4.09. The molecule has 3 aromatic heterocycles. The fourth-order valence-corrected chi connectivity index (χ4v) is 3.56. The summed E-state index contributed by atoms with van der Waals surface area (Å²) >= 11 is 0. The molecule has 0 radical (unpaired) electrons. The summed E-state index contributed by atoms with van der Waals surface area (Å²) in [6, 6.07) is 11.8. The van der Waals surface area contributed by atoms with Crippen molar-refractivity contribution in [2.24, 2.45) is 0 Å². The second-order valence-corrected chi connectivity index (χ2v) is 6.88. The Labute approximate surface area is 158 Å². The van der Waals surface area contributed by atoms with Gasteiger partial charge < -0.3 is 9.73 Å². The van der Waals surface area contributed by atoms with Gasteiger partial charge in [-0.2, -0.15) is 5.10 Å². The van der Waals surface area contributed by atoms with Gasteiger partial charge in [0.2, 0.25) is 0 Å². The van der Waals surface area contributed by atoms with Crippen molar-refractivity contribution in [2.75, 3.05) is 13.1 Å². The Morgan fingerprint density at radius 2 is 2.22 bits per heavy atom. The average molecular weight is 365 g/mol. The van der Waals surface area contributed by atoms with Gasteiger partial charge in [-0.05, 0) is 43.7 Å². The van der Waals surface area contributed by atoms with Crippen molar-refractivity contribution in [1.82, 2.24) is 25.0 Å². The van der Waals surface area contributed by atoms with Gasteiger partial charge in [-0.15, -0.1) is 0 Å². The minimum absolute atomic E-state index is 0.183. The van der Waals surface area contributed by atoms with E-state index in [1.807, 2.05) is 25.3 Å². The molecule has 3 aromatic rings. The van der Waals surface area contributed by atoms with Crippen LogP contribution in [-0.4, -0.2) is 38.7 Å². The number of nitrogens with one attached hydrogen (secondary N) is 1. The molecular formula is C20H23N5O2. The predicted molar refractivity (Wildman–Crippen MR) is 100 cm³/mol. The molecule has 4 heterocycles. The van der Waals surface area contributed by atoms with Gasteiger partial charge in [-0.1, -0.05) is 6.07 Å². The standard InChI is InChI=1S/C20H23N5O2/c1-15-4-2-5-16(23-15)12-24-13-17(25-18(14-24)8-10-22-25)7-9-21-20(26)19-6-3-11-27-19/h2-6,8,10-11,17H,7,9,12-14H2,1H3,(H,21,26)/t17-/m0/s1. The molecular weight excluding hydrogens is 342 g/mol. The lowest BCUT2D eigenvalue weighted by molar-refractivity contribution is 0.0919. The molecule has 7 heteroatoms. The lowest BCUT2D eigenvalue weighted by Gasteiger charge is -2.33. The summed E-state index contributed by atoms with van der Waals surface area (Å²) < 4.78 is 7.21. The molecule has 0 unspecified atom stereocenters. The number of rotatable bonds is 6. The van der Waals surface area contributed by atoms with Gasteiger partial charge in [-0.3, -0.25) is 19.4 Å². The normalized spacial score (nSPS) is 16.9. The van der Waals surface area contributed by atoms with E-state index >= 15 is 0 Å². The van der Waals surface area contributed by atoms with Crippen molar-refractivity contribution in [1.29, 1.82) is 0 Å². The van der Waals surface area contributed by atoms with Crippen LogP contribution in [-0.2, 0) is 13.1 Å². The van der Waals surface area contributed by atoms with Crippen molar-refractivity contribution < 1.29 is 9.21 Å². The molecule has 0 bridgehead atoms. The maximum Gasteiger partial charge on any atom is 0.286 e. The van der Waals surface area contributed by atoms with Gasteiger partial charge in [0.25, 0.3) is 5.91 Å². The summed E-state index contributed by atoms with van der Waals surface area (Å²) in [5, 5.41) is 7.41. The summed E-state index contributed by atoms with van der Waals surface area (Å²) in [5.41, 5.74) is 3.30. The van der Waals surface area contributed by atoms with E-state index in [-0.39, 0.29) is 11.9 Å². The van der Waals surface area contributed by atoms with Gasteiger partial charge in [0.1, 0.15) is 0 Å². The summed E-state index contributed by atoms with van der Waals surface area (Å²) in [7, 11) is 0. The molecule has 0 aromatic carbocycles. The van der Waals surface area contributed by atoms with E-state index in [2.05, 4.69) is 37.1 Å². The van der Waals surface area contributed by atoms with E-state index in [0.29, 0.717) is 12.3 Å². The van der Waals surface area contributed by atoms with Crippen molar-refractivity contribution in [3.05, 3.63) is 71.7 Å². The van der Waals surface area contributed by atoms with Gasteiger partial charge in [0.05, 0.1) is 23.7 Å². The van der Waals surface area contributed by atoms with Gasteiger partial charge in [-0.25, -0.2) is 0 Å². The van der Waals surface area contributed by atoms with Crippen molar-refractivity contribution in [3.8, 4) is 0 Å². The van der Waals surface area contributed by atoms with Crippen LogP contribution in [0.15, 0.2) is 53.3 Å². The molecule has 1 aliphatic heterocycles. The summed E-state index contributed by atoms with van der Waals surface area (Å²) in [5.74, 6) is 0.155. The molecule has 4 rings (SSSR count). The first kappa shape index (κ1) is 17.5. The summed E-state index contributed by atoms with van der Waals surface area (Å²) in [4.78, 5) is 19.0. The van der Waals surface area contributed by atoms with E-state index in [1.165, 1.54) is 12.0 Å². The lowest BCUT2D eigenvalue weighted by Crippen LogP contribution is -2.39. The molecule has 0 saturated carbocycles. The lowest BCUT2D eigenvalue weighted by atomic mass is 10.1. The Kier molecular flexibility index (Phi) is 5.02. The first-order valence-electron chi connectivity index (χ1n) is 9.18. The Bertz CT molecular complexity index is 903. The van der Waals surface area contributed by atoms with Crippen LogP contribution < -0.4 is 5.32 Å². The van der Waals surface area contributed by atoms with Crippen LogP contribution in [0.5, 0.6) is 0 Å². The largest absolute Gasteiger partial charge is 0.459 e. The first-order chi connectivity index (χ1) is 13.2. The van der Waals surface area contributed by atoms with Gasteiger partial charge in [0, 0.05) is 38.1 Å². The van der Waals surface area contributed by atoms with Crippen LogP contribution in [0.3, 0.4) is 0 Å². The molecule has 1 N–H and O–H groups in total. The fraction of sp³-hybridized carbons (Fsp3) is 0.350. The first-order valence-corrected chi connectivity index (χ1v) is 9.18. The van der Waals surface area contributed by atoms with E-state index in [4.69, 9.17) is 4.42 Å². The third-order valence-electron chi connectivity index (χ3n) is 4.79. The number of nitrogens with zero attached hydrogens (tertiary/aromatic N) is 4. The Morgan fingerprint density at radius 3 is 3.04 bits per heavy atom. The molecule has 0 fully saturated rings. The molecule has 0 aliphatic carbocycles. The van der Waals surface area contributed by atoms with Crippen LogP contribution >= 0.6 is 0 Å². The molecule has 1 atom stereocenters. The number of aromatic nitrogens is 3. The van der Waals surface area contributed by atoms with Crippen LogP contribution in [0.4, 0.5) is 0 Å². The number of hydrogen-bond donors (Lipinski definition) is 1. The van der Waals surface area contributed by atoms with Crippen LogP contribution in [0, 0.1) is 6.92 Å². The van der Waals surface area contributed by atoms with Crippen LogP contribution in [0.25, 0.3) is 0 Å². The molecule has 0 spiro atoms. The van der Waals surface area contributed by atoms with Crippen LogP contribution in [0.2, 0.25) is 0 Å². The average Bonchev–Trinajstić information content (AvgIpc) is 3.33. The molecule has 1 aliphatic rings. The molecule has 140 valence electrons. The second kappa shape index (κ2) is 7.75. The molecule has 7 nitrogen and oxygen atoms in total. The molecule has 27 heavy (non-hydrogen) atoms. The SMILES string of the molecule is Cc1cccc(CN2Cc3ccnn3[C@@H](CCNC(=O)c3ccco3)C2)n1. The Balaban J connectivity index is 1.39. The zero-order valence-electron chi connectivity index (χ0n) is 15.3. The van der Waals surface area contributed by atoms with E-state index < -0.39 is 0 Å². The Morgan fingerprint density at radius 1 is 1.30 bits per heavy atom. The summed E-state index contributed by atoms with van der Waals surface area (Å²) in [6.45, 7) is 5.12. The Hall–Kier alpha value is -2.93. The van der Waals surface area contributed by atoms with Crippen molar-refractivity contribution in [3.63, 3.8) is 0 Å². The number of furan rings is 1. The number of aryl methyl sites for hydroxylation is 1. The minimum Gasteiger partial charge on any atom is -0.459 e.